The normalized spacial score (nSPS) is 18.2. The molecule has 5 nitrogen and oxygen atoms in total. The highest BCUT2D eigenvalue weighted by molar-refractivity contribution is 6.00. The SMILES string of the molecule is NCc1cccc(CNC2=Nc3ccccc3NC23CCOCC3)c1. The number of rotatable bonds is 3. The molecule has 2 aromatic rings. The maximum absolute atomic E-state index is 5.75. The van der Waals surface area contributed by atoms with E-state index in [1.165, 1.54) is 5.56 Å². The molecule has 0 aliphatic carbocycles. The topological polar surface area (TPSA) is 71.7 Å². The summed E-state index contributed by atoms with van der Waals surface area (Å²) < 4.78 is 5.59. The van der Waals surface area contributed by atoms with Crippen LogP contribution in [0.2, 0.25) is 0 Å². The summed E-state index contributed by atoms with van der Waals surface area (Å²) in [5, 5.41) is 7.31. The third-order valence-electron chi connectivity index (χ3n) is 5.00. The second-order valence-corrected chi connectivity index (χ2v) is 6.67. The van der Waals surface area contributed by atoms with E-state index in [1.54, 1.807) is 0 Å². The molecule has 1 spiro atoms. The maximum Gasteiger partial charge on any atom is 0.129 e. The largest absolute Gasteiger partial charge is 0.381 e. The molecule has 2 aliphatic rings. The van der Waals surface area contributed by atoms with Crippen LogP contribution < -0.4 is 16.4 Å². The van der Waals surface area contributed by atoms with Gasteiger partial charge in [-0.15, -0.1) is 0 Å². The molecular weight excluding hydrogens is 312 g/mol. The summed E-state index contributed by atoms with van der Waals surface area (Å²) in [5.41, 5.74) is 10.0. The van der Waals surface area contributed by atoms with E-state index in [0.29, 0.717) is 6.54 Å². The van der Waals surface area contributed by atoms with E-state index in [1.807, 2.05) is 18.2 Å². The van der Waals surface area contributed by atoms with Crippen molar-refractivity contribution in [3.63, 3.8) is 0 Å². The molecule has 0 atom stereocenters. The van der Waals surface area contributed by atoms with Crippen LogP contribution in [0.4, 0.5) is 11.4 Å². The Hall–Kier alpha value is -2.37. The highest BCUT2D eigenvalue weighted by atomic mass is 16.5. The zero-order valence-electron chi connectivity index (χ0n) is 14.3. The standard InChI is InChI=1S/C20H24N4O/c21-13-15-4-3-5-16(12-15)14-22-19-20(8-10-25-11-9-20)24-18-7-2-1-6-17(18)23-19/h1-7,12,24H,8-11,13-14,21H2,(H,22,23). The number of amidine groups is 1. The molecule has 4 N–H and O–H groups in total. The van der Waals surface area contributed by atoms with E-state index in [2.05, 4.69) is 41.0 Å². The number of nitrogens with one attached hydrogen (secondary N) is 2. The highest BCUT2D eigenvalue weighted by Crippen LogP contribution is 2.37. The van der Waals surface area contributed by atoms with Gasteiger partial charge in [0.1, 0.15) is 5.84 Å². The van der Waals surface area contributed by atoms with E-state index < -0.39 is 0 Å². The van der Waals surface area contributed by atoms with Crippen LogP contribution in [0.15, 0.2) is 53.5 Å². The molecule has 25 heavy (non-hydrogen) atoms. The second-order valence-electron chi connectivity index (χ2n) is 6.67. The summed E-state index contributed by atoms with van der Waals surface area (Å²) in [6.07, 6.45) is 1.83. The molecular formula is C20H24N4O. The molecule has 130 valence electrons. The first-order valence-electron chi connectivity index (χ1n) is 8.85. The van der Waals surface area contributed by atoms with Crippen LogP contribution in [0.1, 0.15) is 24.0 Å². The van der Waals surface area contributed by atoms with E-state index >= 15 is 0 Å². The lowest BCUT2D eigenvalue weighted by atomic mass is 9.86. The quantitative estimate of drug-likeness (QED) is 0.806. The Bertz CT molecular complexity index is 781. The van der Waals surface area contributed by atoms with Crippen LogP contribution >= 0.6 is 0 Å². The number of anilines is 1. The highest BCUT2D eigenvalue weighted by Gasteiger charge is 2.40. The Balaban J connectivity index is 1.61. The third-order valence-corrected chi connectivity index (χ3v) is 5.00. The minimum Gasteiger partial charge on any atom is -0.381 e. The van der Waals surface area contributed by atoms with Gasteiger partial charge in [-0.05, 0) is 23.3 Å². The number of nitrogens with zero attached hydrogens (tertiary/aromatic N) is 1. The monoisotopic (exact) mass is 336 g/mol. The number of benzene rings is 2. The summed E-state index contributed by atoms with van der Waals surface area (Å²) in [6.45, 7) is 2.79. The maximum atomic E-state index is 5.75. The molecule has 1 saturated heterocycles. The lowest BCUT2D eigenvalue weighted by molar-refractivity contribution is 0.0771. The van der Waals surface area contributed by atoms with Gasteiger partial charge in [-0.1, -0.05) is 36.4 Å². The minimum absolute atomic E-state index is 0.169. The van der Waals surface area contributed by atoms with Crippen molar-refractivity contribution in [2.45, 2.75) is 31.5 Å². The average Bonchev–Trinajstić information content (AvgIpc) is 2.67. The molecule has 0 saturated carbocycles. The van der Waals surface area contributed by atoms with Crippen molar-refractivity contribution < 1.29 is 4.74 Å². The van der Waals surface area contributed by atoms with Crippen LogP contribution in [0, 0.1) is 0 Å². The molecule has 5 heteroatoms. The molecule has 2 aromatic carbocycles. The van der Waals surface area contributed by atoms with Crippen LogP contribution in [-0.2, 0) is 17.8 Å². The van der Waals surface area contributed by atoms with Gasteiger partial charge in [0, 0.05) is 39.1 Å². The van der Waals surface area contributed by atoms with E-state index in [9.17, 15) is 0 Å². The van der Waals surface area contributed by atoms with Crippen molar-refractivity contribution >= 4 is 17.2 Å². The van der Waals surface area contributed by atoms with E-state index in [-0.39, 0.29) is 5.54 Å². The van der Waals surface area contributed by atoms with Gasteiger partial charge in [0.05, 0.1) is 16.9 Å². The smallest absolute Gasteiger partial charge is 0.129 e. The van der Waals surface area contributed by atoms with Crippen LogP contribution in [0.5, 0.6) is 0 Å². The van der Waals surface area contributed by atoms with Crippen molar-refractivity contribution in [3.8, 4) is 0 Å². The molecule has 2 heterocycles. The average molecular weight is 336 g/mol. The minimum atomic E-state index is -0.169. The van der Waals surface area contributed by atoms with Gasteiger partial charge in [0.2, 0.25) is 0 Å². The zero-order chi connectivity index (χ0) is 17.1. The van der Waals surface area contributed by atoms with Crippen LogP contribution in [0.25, 0.3) is 0 Å². The van der Waals surface area contributed by atoms with Crippen LogP contribution in [0.3, 0.4) is 0 Å². The van der Waals surface area contributed by atoms with Gasteiger partial charge in [0.25, 0.3) is 0 Å². The van der Waals surface area contributed by atoms with E-state index in [4.69, 9.17) is 15.5 Å². The summed E-state index contributed by atoms with van der Waals surface area (Å²) in [4.78, 5) is 4.94. The molecule has 4 rings (SSSR count). The summed E-state index contributed by atoms with van der Waals surface area (Å²) in [7, 11) is 0. The predicted octanol–water partition coefficient (Wildman–Crippen LogP) is 2.94. The fraction of sp³-hybridized carbons (Fsp3) is 0.350. The summed E-state index contributed by atoms with van der Waals surface area (Å²) >= 11 is 0. The Morgan fingerprint density at radius 2 is 1.88 bits per heavy atom. The molecule has 2 aliphatic heterocycles. The van der Waals surface area contributed by atoms with Gasteiger partial charge in [0.15, 0.2) is 0 Å². The van der Waals surface area contributed by atoms with Crippen LogP contribution in [-0.4, -0.2) is 24.6 Å². The van der Waals surface area contributed by atoms with Gasteiger partial charge in [-0.25, -0.2) is 4.99 Å². The Morgan fingerprint density at radius 1 is 1.08 bits per heavy atom. The van der Waals surface area contributed by atoms with Crippen molar-refractivity contribution in [1.82, 2.24) is 5.32 Å². The lowest BCUT2D eigenvalue weighted by Crippen LogP contribution is -2.56. The Labute approximate surface area is 148 Å². The Morgan fingerprint density at radius 3 is 2.72 bits per heavy atom. The van der Waals surface area contributed by atoms with Gasteiger partial charge < -0.3 is 21.1 Å². The molecule has 0 aromatic heterocycles. The third kappa shape index (κ3) is 3.25. The lowest BCUT2D eigenvalue weighted by Gasteiger charge is -2.42. The predicted molar refractivity (Wildman–Crippen MR) is 101 cm³/mol. The number of ether oxygens (including phenoxy) is 1. The molecule has 0 amide bonds. The number of hydrogen-bond acceptors (Lipinski definition) is 5. The van der Waals surface area contributed by atoms with E-state index in [0.717, 1.165) is 55.4 Å². The first kappa shape index (κ1) is 16.1. The fourth-order valence-electron chi connectivity index (χ4n) is 3.56. The number of nitrogens with two attached hydrogens (primary N) is 1. The van der Waals surface area contributed by atoms with Gasteiger partial charge in [-0.2, -0.15) is 0 Å². The fourth-order valence-corrected chi connectivity index (χ4v) is 3.56. The first-order valence-corrected chi connectivity index (χ1v) is 8.85. The van der Waals surface area contributed by atoms with Gasteiger partial charge in [-0.3, -0.25) is 0 Å². The Kier molecular flexibility index (Phi) is 4.42. The molecule has 1 fully saturated rings. The first-order chi connectivity index (χ1) is 12.3. The number of para-hydroxylation sites is 2. The molecule has 0 radical (unpaired) electrons. The van der Waals surface area contributed by atoms with Crippen molar-refractivity contribution in [2.24, 2.45) is 10.7 Å². The van der Waals surface area contributed by atoms with Gasteiger partial charge >= 0.3 is 0 Å². The summed E-state index contributed by atoms with van der Waals surface area (Å²) in [5.74, 6) is 1.01. The second kappa shape index (κ2) is 6.86. The molecule has 0 unspecified atom stereocenters. The number of fused-ring (bicyclic) bond motifs is 1. The number of hydrogen-bond donors (Lipinski definition) is 3. The van der Waals surface area contributed by atoms with Crippen molar-refractivity contribution in [3.05, 3.63) is 59.7 Å². The molecule has 0 bridgehead atoms. The zero-order valence-corrected chi connectivity index (χ0v) is 14.3. The number of aliphatic imine (C=N–C) groups is 1. The summed E-state index contributed by atoms with van der Waals surface area (Å²) in [6, 6.07) is 16.6. The van der Waals surface area contributed by atoms with Crippen molar-refractivity contribution in [2.75, 3.05) is 18.5 Å². The van der Waals surface area contributed by atoms with Crippen molar-refractivity contribution in [1.29, 1.82) is 0 Å².